The number of nitrogens with zero attached hydrogens (tertiary/aromatic N) is 4. The van der Waals surface area contributed by atoms with Crippen LogP contribution >= 0.6 is 0 Å². The number of amides is 1. The summed E-state index contributed by atoms with van der Waals surface area (Å²) in [5.41, 5.74) is 3.82. The van der Waals surface area contributed by atoms with Gasteiger partial charge in [0.2, 0.25) is 5.89 Å². The summed E-state index contributed by atoms with van der Waals surface area (Å²) in [5.74, 6) is 1.59. The Hall–Kier alpha value is -4.72. The molecule has 0 aliphatic rings. The summed E-state index contributed by atoms with van der Waals surface area (Å²) in [6, 6.07) is 25.2. The number of ether oxygens (including phenoxy) is 1. The quantitative estimate of drug-likeness (QED) is 0.346. The van der Waals surface area contributed by atoms with Crippen molar-refractivity contribution in [2.24, 2.45) is 0 Å². The Bertz CT molecular complexity index is 1420. The standard InChI is InChI=1S/C27H23N5O3/c1-19-10-12-21(13-11-19)27-29-25(18-34-27)26(33)28-15-22-17-32(31-30-22)16-20-6-5-9-24(14-20)35-23-7-3-2-4-8-23/h2-14,17-18H,15-16H2,1H3,(H,28,33). The Morgan fingerprint density at radius 2 is 1.80 bits per heavy atom. The highest BCUT2D eigenvalue weighted by Crippen LogP contribution is 2.22. The van der Waals surface area contributed by atoms with E-state index < -0.39 is 0 Å². The van der Waals surface area contributed by atoms with Crippen molar-refractivity contribution in [3.05, 3.63) is 114 Å². The SMILES string of the molecule is Cc1ccc(-c2nc(C(=O)NCc3cn(Cc4cccc(Oc5ccccc5)c4)nn3)co2)cc1. The first-order valence-electron chi connectivity index (χ1n) is 11.1. The Labute approximate surface area is 202 Å². The fourth-order valence-corrected chi connectivity index (χ4v) is 3.48. The highest BCUT2D eigenvalue weighted by Gasteiger charge is 2.14. The molecule has 2 heterocycles. The average molecular weight is 466 g/mol. The Kier molecular flexibility index (Phi) is 6.34. The predicted octanol–water partition coefficient (Wildman–Crippen LogP) is 5.01. The summed E-state index contributed by atoms with van der Waals surface area (Å²) < 4.78 is 13.1. The molecule has 0 radical (unpaired) electrons. The van der Waals surface area contributed by atoms with Crippen LogP contribution in [0.4, 0.5) is 0 Å². The van der Waals surface area contributed by atoms with Gasteiger partial charge >= 0.3 is 0 Å². The van der Waals surface area contributed by atoms with Gasteiger partial charge in [0.25, 0.3) is 5.91 Å². The van der Waals surface area contributed by atoms with Gasteiger partial charge in [0, 0.05) is 5.56 Å². The molecule has 35 heavy (non-hydrogen) atoms. The van der Waals surface area contributed by atoms with E-state index in [1.807, 2.05) is 85.8 Å². The number of para-hydroxylation sites is 1. The molecule has 0 atom stereocenters. The summed E-state index contributed by atoms with van der Waals surface area (Å²) in [4.78, 5) is 16.8. The van der Waals surface area contributed by atoms with Crippen molar-refractivity contribution in [1.82, 2.24) is 25.3 Å². The first-order chi connectivity index (χ1) is 17.1. The smallest absolute Gasteiger partial charge is 0.273 e. The number of hydrogen-bond donors (Lipinski definition) is 1. The zero-order valence-electron chi connectivity index (χ0n) is 19.1. The van der Waals surface area contributed by atoms with Crippen molar-refractivity contribution in [2.75, 3.05) is 0 Å². The minimum Gasteiger partial charge on any atom is -0.457 e. The van der Waals surface area contributed by atoms with Crippen molar-refractivity contribution in [3.8, 4) is 23.0 Å². The van der Waals surface area contributed by atoms with E-state index in [9.17, 15) is 4.79 Å². The van der Waals surface area contributed by atoms with Crippen LogP contribution in [0.25, 0.3) is 11.5 Å². The second kappa shape index (κ2) is 10.0. The van der Waals surface area contributed by atoms with E-state index in [0.29, 0.717) is 18.1 Å². The lowest BCUT2D eigenvalue weighted by molar-refractivity contribution is 0.0945. The zero-order valence-corrected chi connectivity index (χ0v) is 19.1. The monoisotopic (exact) mass is 465 g/mol. The van der Waals surface area contributed by atoms with Gasteiger partial charge in [-0.25, -0.2) is 9.67 Å². The number of carbonyl (C=O) groups is 1. The molecule has 8 heteroatoms. The Balaban J connectivity index is 1.17. The van der Waals surface area contributed by atoms with Gasteiger partial charge in [-0.1, -0.05) is 53.2 Å². The van der Waals surface area contributed by atoms with Gasteiger partial charge in [0.05, 0.1) is 19.3 Å². The minimum absolute atomic E-state index is 0.211. The number of rotatable bonds is 8. The van der Waals surface area contributed by atoms with E-state index in [-0.39, 0.29) is 18.1 Å². The highest BCUT2D eigenvalue weighted by molar-refractivity contribution is 5.92. The van der Waals surface area contributed by atoms with E-state index in [4.69, 9.17) is 9.15 Å². The van der Waals surface area contributed by atoms with Gasteiger partial charge in [-0.3, -0.25) is 4.79 Å². The molecule has 8 nitrogen and oxygen atoms in total. The van der Waals surface area contributed by atoms with E-state index in [0.717, 1.165) is 28.2 Å². The van der Waals surface area contributed by atoms with Gasteiger partial charge < -0.3 is 14.5 Å². The van der Waals surface area contributed by atoms with Gasteiger partial charge in [-0.2, -0.15) is 0 Å². The molecule has 5 rings (SSSR count). The lowest BCUT2D eigenvalue weighted by Crippen LogP contribution is -2.23. The van der Waals surface area contributed by atoms with E-state index >= 15 is 0 Å². The molecule has 0 unspecified atom stereocenters. The average Bonchev–Trinajstić information content (AvgIpc) is 3.54. The molecule has 1 N–H and O–H groups in total. The van der Waals surface area contributed by atoms with Crippen molar-refractivity contribution >= 4 is 5.91 Å². The maximum atomic E-state index is 12.5. The Morgan fingerprint density at radius 3 is 2.63 bits per heavy atom. The molecule has 3 aromatic carbocycles. The molecule has 0 saturated carbocycles. The number of nitrogens with one attached hydrogen (secondary N) is 1. The van der Waals surface area contributed by atoms with Crippen LogP contribution in [0.1, 0.15) is 27.3 Å². The fraction of sp³-hybridized carbons (Fsp3) is 0.111. The van der Waals surface area contributed by atoms with Crippen LogP contribution in [-0.2, 0) is 13.1 Å². The van der Waals surface area contributed by atoms with Crippen LogP contribution < -0.4 is 10.1 Å². The van der Waals surface area contributed by atoms with E-state index in [2.05, 4.69) is 20.6 Å². The van der Waals surface area contributed by atoms with Crippen LogP contribution in [-0.4, -0.2) is 25.9 Å². The molecule has 0 bridgehead atoms. The van der Waals surface area contributed by atoms with E-state index in [1.165, 1.54) is 6.26 Å². The predicted molar refractivity (Wildman–Crippen MR) is 130 cm³/mol. The first-order valence-corrected chi connectivity index (χ1v) is 11.1. The van der Waals surface area contributed by atoms with Gasteiger partial charge in [-0.05, 0) is 48.9 Å². The van der Waals surface area contributed by atoms with Gasteiger partial charge in [-0.15, -0.1) is 5.10 Å². The summed E-state index contributed by atoms with van der Waals surface area (Å²) >= 11 is 0. The minimum atomic E-state index is -0.340. The topological polar surface area (TPSA) is 95.1 Å². The number of oxazole rings is 1. The third-order valence-corrected chi connectivity index (χ3v) is 5.27. The first kappa shape index (κ1) is 22.1. The fourth-order valence-electron chi connectivity index (χ4n) is 3.48. The number of carbonyl (C=O) groups excluding carboxylic acids is 1. The lowest BCUT2D eigenvalue weighted by Gasteiger charge is -2.07. The highest BCUT2D eigenvalue weighted by atomic mass is 16.5. The summed E-state index contributed by atoms with van der Waals surface area (Å²) in [7, 11) is 0. The molecular formula is C27H23N5O3. The molecule has 0 saturated heterocycles. The van der Waals surface area contributed by atoms with Crippen molar-refractivity contribution in [1.29, 1.82) is 0 Å². The summed E-state index contributed by atoms with van der Waals surface area (Å²) in [6.07, 6.45) is 3.15. The zero-order chi connectivity index (χ0) is 24.0. The summed E-state index contributed by atoms with van der Waals surface area (Å²) in [6.45, 7) is 2.75. The van der Waals surface area contributed by atoms with Gasteiger partial charge in [0.15, 0.2) is 5.69 Å². The molecule has 0 aliphatic heterocycles. The second-order valence-corrected chi connectivity index (χ2v) is 8.06. The van der Waals surface area contributed by atoms with Crippen LogP contribution in [0.5, 0.6) is 11.5 Å². The summed E-state index contributed by atoms with van der Waals surface area (Å²) in [5, 5.41) is 11.1. The third-order valence-electron chi connectivity index (χ3n) is 5.27. The third kappa shape index (κ3) is 5.62. The molecule has 5 aromatic rings. The van der Waals surface area contributed by atoms with E-state index in [1.54, 1.807) is 10.9 Å². The maximum Gasteiger partial charge on any atom is 0.273 e. The van der Waals surface area contributed by atoms with Crippen molar-refractivity contribution in [2.45, 2.75) is 20.0 Å². The maximum absolute atomic E-state index is 12.5. The van der Waals surface area contributed by atoms with Crippen LogP contribution in [0, 0.1) is 6.92 Å². The van der Waals surface area contributed by atoms with Crippen molar-refractivity contribution in [3.63, 3.8) is 0 Å². The van der Waals surface area contributed by atoms with Crippen LogP contribution in [0.3, 0.4) is 0 Å². The lowest BCUT2D eigenvalue weighted by atomic mass is 10.1. The second-order valence-electron chi connectivity index (χ2n) is 8.06. The van der Waals surface area contributed by atoms with Gasteiger partial charge in [0.1, 0.15) is 23.5 Å². The van der Waals surface area contributed by atoms with Crippen molar-refractivity contribution < 1.29 is 13.9 Å². The molecule has 1 amide bonds. The number of hydrogen-bond acceptors (Lipinski definition) is 6. The normalized spacial score (nSPS) is 10.8. The van der Waals surface area contributed by atoms with Crippen LogP contribution in [0.15, 0.2) is 95.7 Å². The molecule has 0 fully saturated rings. The largest absolute Gasteiger partial charge is 0.457 e. The Morgan fingerprint density at radius 1 is 1.00 bits per heavy atom. The molecule has 0 aliphatic carbocycles. The molecule has 2 aromatic heterocycles. The molecule has 0 spiro atoms. The molecular weight excluding hydrogens is 442 g/mol. The number of benzene rings is 3. The number of aromatic nitrogens is 4. The number of aryl methyl sites for hydroxylation is 1. The van der Waals surface area contributed by atoms with Crippen LogP contribution in [0.2, 0.25) is 0 Å². The molecule has 174 valence electrons.